The number of nitrogens with two attached hydrogens (primary N) is 2. The van der Waals surface area contributed by atoms with Crippen LogP contribution in [0.4, 0.5) is 17.1 Å². The summed E-state index contributed by atoms with van der Waals surface area (Å²) >= 11 is 0. The summed E-state index contributed by atoms with van der Waals surface area (Å²) in [5.74, 6) is 0. The van der Waals surface area contributed by atoms with Crippen LogP contribution in [0.15, 0.2) is 12.1 Å². The van der Waals surface area contributed by atoms with Crippen LogP contribution in [0.2, 0.25) is 0 Å². The van der Waals surface area contributed by atoms with Crippen LogP contribution < -0.4 is 11.5 Å². The molecule has 88 valence electrons. The van der Waals surface area contributed by atoms with E-state index in [4.69, 9.17) is 16.6 Å². The van der Waals surface area contributed by atoms with Crippen molar-refractivity contribution in [2.45, 2.75) is 12.5 Å². The molecule has 1 aromatic carbocycles. The zero-order chi connectivity index (χ0) is 12.3. The lowest BCUT2D eigenvalue weighted by Gasteiger charge is -2.10. The largest absolute Gasteiger partial charge is 0.397 e. The van der Waals surface area contributed by atoms with Gasteiger partial charge in [0.1, 0.15) is 5.69 Å². The lowest BCUT2D eigenvalue weighted by atomic mass is 10.0. The third-order valence-corrected chi connectivity index (χ3v) is 2.18. The molecular formula is C9H13N3O4. The summed E-state index contributed by atoms with van der Waals surface area (Å²) < 4.78 is 0. The van der Waals surface area contributed by atoms with Gasteiger partial charge in [0.15, 0.2) is 0 Å². The molecule has 0 bridgehead atoms. The molecule has 0 radical (unpaired) electrons. The molecule has 0 heterocycles. The van der Waals surface area contributed by atoms with E-state index in [2.05, 4.69) is 0 Å². The molecule has 0 spiro atoms. The Kier molecular flexibility index (Phi) is 3.64. The minimum Gasteiger partial charge on any atom is -0.397 e. The summed E-state index contributed by atoms with van der Waals surface area (Å²) in [6, 6.07) is 2.85. The van der Waals surface area contributed by atoms with Crippen molar-refractivity contribution in [1.29, 1.82) is 0 Å². The average molecular weight is 227 g/mol. The van der Waals surface area contributed by atoms with E-state index in [1.807, 2.05) is 0 Å². The van der Waals surface area contributed by atoms with E-state index in [-0.39, 0.29) is 29.0 Å². The second-order valence-electron chi connectivity index (χ2n) is 3.37. The number of hydrogen-bond donors (Lipinski definition) is 4. The molecule has 7 heteroatoms. The molecule has 1 unspecified atom stereocenters. The van der Waals surface area contributed by atoms with Gasteiger partial charge in [-0.2, -0.15) is 0 Å². The van der Waals surface area contributed by atoms with Crippen LogP contribution in [-0.2, 0) is 6.42 Å². The second-order valence-corrected chi connectivity index (χ2v) is 3.37. The van der Waals surface area contributed by atoms with E-state index in [1.165, 1.54) is 12.1 Å². The first kappa shape index (κ1) is 12.2. The SMILES string of the molecule is Nc1ccc(CC(O)CO)c([N+](=O)[O-])c1N. The van der Waals surface area contributed by atoms with Gasteiger partial charge in [-0.3, -0.25) is 10.1 Å². The number of anilines is 2. The van der Waals surface area contributed by atoms with Crippen molar-refractivity contribution < 1.29 is 15.1 Å². The van der Waals surface area contributed by atoms with Crippen LogP contribution in [0, 0.1) is 10.1 Å². The standard InChI is InChI=1S/C9H13N3O4/c10-7-2-1-5(3-6(14)4-13)9(8(7)11)12(15)16/h1-2,6,13-14H,3-4,10-11H2. The third kappa shape index (κ3) is 2.38. The smallest absolute Gasteiger partial charge is 0.297 e. The molecule has 16 heavy (non-hydrogen) atoms. The Bertz CT molecular complexity index is 408. The number of nitro groups is 1. The van der Waals surface area contributed by atoms with Crippen LogP contribution >= 0.6 is 0 Å². The molecule has 0 saturated carbocycles. The number of aliphatic hydroxyl groups excluding tert-OH is 2. The van der Waals surface area contributed by atoms with Crippen LogP contribution in [0.25, 0.3) is 0 Å². The highest BCUT2D eigenvalue weighted by atomic mass is 16.6. The Morgan fingerprint density at radius 2 is 2.06 bits per heavy atom. The van der Waals surface area contributed by atoms with Gasteiger partial charge in [-0.1, -0.05) is 0 Å². The molecule has 1 rings (SSSR count). The summed E-state index contributed by atoms with van der Waals surface area (Å²) in [5, 5.41) is 28.7. The average Bonchev–Trinajstić information content (AvgIpc) is 2.23. The zero-order valence-corrected chi connectivity index (χ0v) is 8.46. The maximum atomic E-state index is 10.8. The molecule has 0 saturated heterocycles. The molecule has 0 aliphatic rings. The fourth-order valence-corrected chi connectivity index (χ4v) is 1.37. The summed E-state index contributed by atoms with van der Waals surface area (Å²) in [4.78, 5) is 10.1. The van der Waals surface area contributed by atoms with Crippen molar-refractivity contribution in [3.63, 3.8) is 0 Å². The Labute approximate surface area is 91.4 Å². The molecule has 7 nitrogen and oxygen atoms in total. The Balaban J connectivity index is 3.18. The Morgan fingerprint density at radius 1 is 1.44 bits per heavy atom. The van der Waals surface area contributed by atoms with Gasteiger partial charge in [0.2, 0.25) is 0 Å². The Morgan fingerprint density at radius 3 is 2.56 bits per heavy atom. The number of nitro benzene ring substituents is 1. The summed E-state index contributed by atoms with van der Waals surface area (Å²) in [6.07, 6.45) is -1.10. The fraction of sp³-hybridized carbons (Fsp3) is 0.333. The zero-order valence-electron chi connectivity index (χ0n) is 8.46. The molecule has 0 aliphatic heterocycles. The van der Waals surface area contributed by atoms with Gasteiger partial charge in [0, 0.05) is 12.0 Å². The molecule has 1 aromatic rings. The predicted octanol–water partition coefficient (Wildman–Crippen LogP) is -0.345. The number of nitrogens with zero attached hydrogens (tertiary/aromatic N) is 1. The Hall–Kier alpha value is -1.86. The first-order valence-corrected chi connectivity index (χ1v) is 4.57. The molecule has 6 N–H and O–H groups in total. The van der Waals surface area contributed by atoms with Gasteiger partial charge in [-0.15, -0.1) is 0 Å². The van der Waals surface area contributed by atoms with Crippen LogP contribution in [0.1, 0.15) is 5.56 Å². The maximum absolute atomic E-state index is 10.8. The normalized spacial score (nSPS) is 12.4. The van der Waals surface area contributed by atoms with Gasteiger partial charge in [0.05, 0.1) is 23.3 Å². The highest BCUT2D eigenvalue weighted by molar-refractivity contribution is 5.76. The minimum absolute atomic E-state index is 0.0444. The monoisotopic (exact) mass is 227 g/mol. The summed E-state index contributed by atoms with van der Waals surface area (Å²) in [6.45, 7) is -0.471. The lowest BCUT2D eigenvalue weighted by Crippen LogP contribution is -2.16. The van der Waals surface area contributed by atoms with Crippen LogP contribution in [0.3, 0.4) is 0 Å². The second kappa shape index (κ2) is 4.77. The van der Waals surface area contributed by atoms with E-state index in [0.29, 0.717) is 0 Å². The van der Waals surface area contributed by atoms with E-state index < -0.39 is 17.6 Å². The van der Waals surface area contributed by atoms with Crippen molar-refractivity contribution in [3.8, 4) is 0 Å². The van der Waals surface area contributed by atoms with Gasteiger partial charge < -0.3 is 21.7 Å². The van der Waals surface area contributed by atoms with Crippen LogP contribution in [0.5, 0.6) is 0 Å². The highest BCUT2D eigenvalue weighted by Gasteiger charge is 2.21. The minimum atomic E-state index is -1.05. The number of rotatable bonds is 4. The molecular weight excluding hydrogens is 214 g/mol. The fourth-order valence-electron chi connectivity index (χ4n) is 1.37. The molecule has 0 fully saturated rings. The van der Waals surface area contributed by atoms with Crippen molar-refractivity contribution in [1.82, 2.24) is 0 Å². The maximum Gasteiger partial charge on any atom is 0.297 e. The van der Waals surface area contributed by atoms with Gasteiger partial charge in [0.25, 0.3) is 5.69 Å². The van der Waals surface area contributed by atoms with E-state index >= 15 is 0 Å². The van der Waals surface area contributed by atoms with E-state index in [1.54, 1.807) is 0 Å². The molecule has 0 amide bonds. The van der Waals surface area contributed by atoms with Gasteiger partial charge >= 0.3 is 0 Å². The summed E-state index contributed by atoms with van der Waals surface area (Å²) in [7, 11) is 0. The highest BCUT2D eigenvalue weighted by Crippen LogP contribution is 2.31. The van der Waals surface area contributed by atoms with Gasteiger partial charge in [-0.25, -0.2) is 0 Å². The number of benzene rings is 1. The predicted molar refractivity (Wildman–Crippen MR) is 58.7 cm³/mol. The number of nitrogen functional groups attached to an aromatic ring is 2. The third-order valence-electron chi connectivity index (χ3n) is 2.18. The van der Waals surface area contributed by atoms with Crippen molar-refractivity contribution in [2.24, 2.45) is 0 Å². The molecule has 0 aliphatic carbocycles. The van der Waals surface area contributed by atoms with Gasteiger partial charge in [-0.05, 0) is 12.1 Å². The number of hydrogen-bond acceptors (Lipinski definition) is 6. The van der Waals surface area contributed by atoms with Crippen LogP contribution in [-0.4, -0.2) is 27.8 Å². The number of aliphatic hydroxyl groups is 2. The van der Waals surface area contributed by atoms with Crippen molar-refractivity contribution in [2.75, 3.05) is 18.1 Å². The van der Waals surface area contributed by atoms with Crippen molar-refractivity contribution >= 4 is 17.1 Å². The lowest BCUT2D eigenvalue weighted by molar-refractivity contribution is -0.384. The van der Waals surface area contributed by atoms with Crippen molar-refractivity contribution in [3.05, 3.63) is 27.8 Å². The first-order valence-electron chi connectivity index (χ1n) is 4.57. The van der Waals surface area contributed by atoms with E-state index in [9.17, 15) is 15.2 Å². The molecule has 1 atom stereocenters. The first-order chi connectivity index (χ1) is 7.47. The van der Waals surface area contributed by atoms with E-state index in [0.717, 1.165) is 0 Å². The summed E-state index contributed by atoms with van der Waals surface area (Å²) in [5.41, 5.74) is 10.9. The molecule has 0 aromatic heterocycles. The quantitative estimate of drug-likeness (QED) is 0.315. The topological polar surface area (TPSA) is 136 Å².